The van der Waals surface area contributed by atoms with Gasteiger partial charge in [0.15, 0.2) is 5.76 Å². The lowest BCUT2D eigenvalue weighted by Gasteiger charge is -2.27. The molecule has 0 spiro atoms. The topological polar surface area (TPSA) is 97.1 Å². The number of hydrogen-bond acceptors (Lipinski definition) is 6. The number of rotatable bonds is 8. The molecule has 8 nitrogen and oxygen atoms in total. The van der Waals surface area contributed by atoms with Gasteiger partial charge in [-0.05, 0) is 75.4 Å². The fourth-order valence-corrected chi connectivity index (χ4v) is 4.43. The van der Waals surface area contributed by atoms with Crippen LogP contribution in [0.25, 0.3) is 0 Å². The molecule has 1 aliphatic carbocycles. The van der Waals surface area contributed by atoms with Gasteiger partial charge in [0, 0.05) is 6.54 Å². The molecule has 1 aromatic carbocycles. The number of ether oxygens (including phenoxy) is 1. The lowest BCUT2D eigenvalue weighted by Crippen LogP contribution is -2.46. The number of furan rings is 1. The first-order valence-electron chi connectivity index (χ1n) is 11.7. The van der Waals surface area contributed by atoms with Crippen LogP contribution in [0.4, 0.5) is 5.69 Å². The molecule has 0 radical (unpaired) electrons. The number of esters is 1. The van der Waals surface area contributed by atoms with Crippen LogP contribution >= 0.6 is 0 Å². The third kappa shape index (κ3) is 4.95. The number of benzene rings is 1. The van der Waals surface area contributed by atoms with Crippen molar-refractivity contribution in [1.82, 2.24) is 4.90 Å². The van der Waals surface area contributed by atoms with Gasteiger partial charge in [0.1, 0.15) is 6.04 Å². The Kier molecular flexibility index (Phi) is 7.25. The van der Waals surface area contributed by atoms with Gasteiger partial charge in [0.2, 0.25) is 5.91 Å². The third-order valence-corrected chi connectivity index (χ3v) is 6.19. The van der Waals surface area contributed by atoms with E-state index in [1.54, 1.807) is 19.1 Å². The fourth-order valence-electron chi connectivity index (χ4n) is 4.43. The molecular formula is C26H28N2O6. The van der Waals surface area contributed by atoms with E-state index in [0.717, 1.165) is 30.6 Å². The van der Waals surface area contributed by atoms with E-state index in [0.29, 0.717) is 24.2 Å². The van der Waals surface area contributed by atoms with E-state index in [1.165, 1.54) is 41.0 Å². The van der Waals surface area contributed by atoms with Gasteiger partial charge in [0.05, 0.1) is 30.5 Å². The van der Waals surface area contributed by atoms with Crippen molar-refractivity contribution in [3.05, 3.63) is 65.6 Å². The number of imide groups is 1. The molecular weight excluding hydrogens is 436 g/mol. The third-order valence-electron chi connectivity index (χ3n) is 6.19. The molecule has 0 bridgehead atoms. The minimum Gasteiger partial charge on any atom is -0.462 e. The molecule has 1 aromatic heterocycles. The fraction of sp³-hybridized carbons (Fsp3) is 0.385. The molecule has 1 unspecified atom stereocenters. The van der Waals surface area contributed by atoms with Crippen molar-refractivity contribution in [3.8, 4) is 0 Å². The van der Waals surface area contributed by atoms with E-state index in [4.69, 9.17) is 9.15 Å². The maximum Gasteiger partial charge on any atom is 0.338 e. The first kappa shape index (κ1) is 23.5. The highest BCUT2D eigenvalue weighted by Crippen LogP contribution is 2.28. The normalized spacial score (nSPS) is 18.1. The second-order valence-corrected chi connectivity index (χ2v) is 8.39. The zero-order valence-corrected chi connectivity index (χ0v) is 19.2. The van der Waals surface area contributed by atoms with Gasteiger partial charge < -0.3 is 14.1 Å². The second-order valence-electron chi connectivity index (χ2n) is 8.39. The number of allylic oxidation sites excluding steroid dienone is 1. The number of anilines is 1. The maximum absolute atomic E-state index is 13.4. The van der Waals surface area contributed by atoms with Crippen molar-refractivity contribution >= 4 is 29.4 Å². The van der Waals surface area contributed by atoms with Crippen LogP contribution in [0, 0.1) is 0 Å². The van der Waals surface area contributed by atoms with Crippen LogP contribution < -0.4 is 4.90 Å². The largest absolute Gasteiger partial charge is 0.462 e. The predicted octanol–water partition coefficient (Wildman–Crippen LogP) is 4.12. The molecule has 2 aromatic rings. The van der Waals surface area contributed by atoms with E-state index in [2.05, 4.69) is 6.08 Å². The molecule has 2 heterocycles. The summed E-state index contributed by atoms with van der Waals surface area (Å²) in [6.07, 6.45) is 8.46. The Bertz CT molecular complexity index is 1090. The van der Waals surface area contributed by atoms with Crippen LogP contribution in [-0.4, -0.2) is 47.8 Å². The van der Waals surface area contributed by atoms with Gasteiger partial charge in [-0.25, -0.2) is 9.69 Å². The van der Waals surface area contributed by atoms with E-state index in [1.807, 2.05) is 0 Å². The van der Waals surface area contributed by atoms with Gasteiger partial charge in [0.25, 0.3) is 11.8 Å². The van der Waals surface area contributed by atoms with Crippen molar-refractivity contribution in [3.63, 3.8) is 0 Å². The van der Waals surface area contributed by atoms with Crippen LogP contribution in [0.3, 0.4) is 0 Å². The molecule has 1 aliphatic heterocycles. The molecule has 8 heteroatoms. The van der Waals surface area contributed by atoms with Crippen molar-refractivity contribution < 1.29 is 28.3 Å². The molecule has 1 fully saturated rings. The van der Waals surface area contributed by atoms with Gasteiger partial charge in [-0.3, -0.25) is 14.4 Å². The van der Waals surface area contributed by atoms with Crippen LogP contribution in [-0.2, 0) is 14.3 Å². The second kappa shape index (κ2) is 10.5. The summed E-state index contributed by atoms with van der Waals surface area (Å²) in [5.41, 5.74) is 1.95. The van der Waals surface area contributed by atoms with E-state index in [-0.39, 0.29) is 18.8 Å². The first-order chi connectivity index (χ1) is 16.5. The average molecular weight is 465 g/mol. The number of carbonyl (C=O) groups is 4. The Balaban J connectivity index is 1.55. The summed E-state index contributed by atoms with van der Waals surface area (Å²) >= 11 is 0. The highest BCUT2D eigenvalue weighted by Gasteiger charge is 2.44. The molecule has 1 atom stereocenters. The molecule has 34 heavy (non-hydrogen) atoms. The van der Waals surface area contributed by atoms with Gasteiger partial charge in [-0.2, -0.15) is 0 Å². The Morgan fingerprint density at radius 2 is 1.94 bits per heavy atom. The van der Waals surface area contributed by atoms with Gasteiger partial charge >= 0.3 is 5.97 Å². The molecule has 2 aliphatic rings. The molecule has 1 saturated heterocycles. The Morgan fingerprint density at radius 1 is 1.15 bits per heavy atom. The minimum absolute atomic E-state index is 0.107. The van der Waals surface area contributed by atoms with Crippen LogP contribution in [0.2, 0.25) is 0 Å². The summed E-state index contributed by atoms with van der Waals surface area (Å²) < 4.78 is 10.3. The molecule has 3 amide bonds. The van der Waals surface area contributed by atoms with Crippen LogP contribution in [0.5, 0.6) is 0 Å². The molecule has 0 saturated carbocycles. The van der Waals surface area contributed by atoms with E-state index in [9.17, 15) is 19.2 Å². The Hall–Kier alpha value is -3.68. The number of nitrogens with zero attached hydrogens (tertiary/aromatic N) is 2. The quantitative estimate of drug-likeness (QED) is 0.331. The van der Waals surface area contributed by atoms with Crippen molar-refractivity contribution in [2.75, 3.05) is 18.1 Å². The monoisotopic (exact) mass is 464 g/mol. The van der Waals surface area contributed by atoms with Gasteiger partial charge in [-0.15, -0.1) is 0 Å². The Morgan fingerprint density at radius 3 is 2.59 bits per heavy atom. The molecule has 4 rings (SSSR count). The zero-order chi connectivity index (χ0) is 24.1. The van der Waals surface area contributed by atoms with Crippen molar-refractivity contribution in [2.45, 2.75) is 51.5 Å². The van der Waals surface area contributed by atoms with E-state index >= 15 is 0 Å². The molecule has 178 valence electrons. The standard InChI is InChI=1S/C26H28N2O6/c1-2-33-26(32)19-10-12-20(13-11-19)28-23(29)17-21(24(28)30)27(25(31)22-9-6-16-34-22)15-14-18-7-4-3-5-8-18/h6-7,9-13,16,21H,2-5,8,14-15,17H2,1H3. The minimum atomic E-state index is -0.918. The smallest absolute Gasteiger partial charge is 0.338 e. The average Bonchev–Trinajstić information content (AvgIpc) is 3.49. The lowest BCUT2D eigenvalue weighted by atomic mass is 9.97. The summed E-state index contributed by atoms with van der Waals surface area (Å²) in [5, 5.41) is 0. The summed E-state index contributed by atoms with van der Waals surface area (Å²) in [7, 11) is 0. The van der Waals surface area contributed by atoms with Crippen LogP contribution in [0.15, 0.2) is 58.7 Å². The summed E-state index contributed by atoms with van der Waals surface area (Å²) in [5.74, 6) is -1.61. The summed E-state index contributed by atoms with van der Waals surface area (Å²) in [6.45, 7) is 2.29. The summed E-state index contributed by atoms with van der Waals surface area (Å²) in [6, 6.07) is 8.37. The maximum atomic E-state index is 13.4. The first-order valence-corrected chi connectivity index (χ1v) is 11.7. The zero-order valence-electron chi connectivity index (χ0n) is 19.2. The number of amides is 3. The molecule has 0 N–H and O–H groups in total. The highest BCUT2D eigenvalue weighted by molar-refractivity contribution is 6.23. The SMILES string of the molecule is CCOC(=O)c1ccc(N2C(=O)CC(N(CCC3=CCCCC3)C(=O)c3ccco3)C2=O)cc1. The Labute approximate surface area is 198 Å². The van der Waals surface area contributed by atoms with Crippen LogP contribution in [0.1, 0.15) is 66.4 Å². The number of carbonyl (C=O) groups excluding carboxylic acids is 4. The van der Waals surface area contributed by atoms with Gasteiger partial charge in [-0.1, -0.05) is 11.6 Å². The predicted molar refractivity (Wildman–Crippen MR) is 124 cm³/mol. The summed E-state index contributed by atoms with van der Waals surface area (Å²) in [4.78, 5) is 53.9. The van der Waals surface area contributed by atoms with E-state index < -0.39 is 29.7 Å². The van der Waals surface area contributed by atoms with Crippen molar-refractivity contribution in [2.24, 2.45) is 0 Å². The number of hydrogen-bond donors (Lipinski definition) is 0. The lowest BCUT2D eigenvalue weighted by molar-refractivity contribution is -0.122. The van der Waals surface area contributed by atoms with Crippen molar-refractivity contribution in [1.29, 1.82) is 0 Å². The highest BCUT2D eigenvalue weighted by atomic mass is 16.5.